The first-order valence-electron chi connectivity index (χ1n) is 9.23. The van der Waals surface area contributed by atoms with Crippen molar-refractivity contribution in [1.82, 2.24) is 0 Å². The van der Waals surface area contributed by atoms with Gasteiger partial charge in [-0.25, -0.2) is 8.42 Å². The Morgan fingerprint density at radius 1 is 1.00 bits per heavy atom. The van der Waals surface area contributed by atoms with Gasteiger partial charge in [-0.05, 0) is 54.6 Å². The van der Waals surface area contributed by atoms with Gasteiger partial charge in [0.2, 0.25) is 0 Å². The number of rotatable bonds is 7. The summed E-state index contributed by atoms with van der Waals surface area (Å²) in [7, 11) is -3.98. The Morgan fingerprint density at radius 3 is 2.37 bits per heavy atom. The van der Waals surface area contributed by atoms with Crippen molar-refractivity contribution in [1.29, 1.82) is 0 Å². The summed E-state index contributed by atoms with van der Waals surface area (Å²) in [5, 5.41) is 2.89. The molecule has 0 fully saturated rings. The third-order valence-electron chi connectivity index (χ3n) is 4.31. The zero-order valence-electron chi connectivity index (χ0n) is 16.5. The molecule has 1 amide bonds. The number of nitrogens with one attached hydrogen (secondary N) is 2. The van der Waals surface area contributed by atoms with Gasteiger partial charge in [-0.15, -0.1) is 11.8 Å². The topological polar surface area (TPSA) is 75.3 Å². The van der Waals surface area contributed by atoms with Gasteiger partial charge in [-0.3, -0.25) is 9.52 Å². The van der Waals surface area contributed by atoms with Crippen LogP contribution in [0.3, 0.4) is 0 Å². The number of halogens is 1. The van der Waals surface area contributed by atoms with Crippen LogP contribution < -0.4 is 10.0 Å². The molecule has 0 aliphatic heterocycles. The van der Waals surface area contributed by atoms with Crippen molar-refractivity contribution in [3.63, 3.8) is 0 Å². The number of thioether (sulfide) groups is 1. The molecule has 0 heterocycles. The highest BCUT2D eigenvalue weighted by atomic mass is 35.5. The molecule has 0 saturated heterocycles. The Morgan fingerprint density at radius 2 is 1.67 bits per heavy atom. The molecule has 0 spiro atoms. The van der Waals surface area contributed by atoms with Crippen LogP contribution in [0, 0.1) is 6.92 Å². The van der Waals surface area contributed by atoms with Crippen LogP contribution in [0.2, 0.25) is 5.02 Å². The van der Waals surface area contributed by atoms with Gasteiger partial charge in [0.05, 0.1) is 16.4 Å². The molecule has 8 heteroatoms. The number of hydrogen-bond acceptors (Lipinski definition) is 4. The van der Waals surface area contributed by atoms with E-state index in [2.05, 4.69) is 10.0 Å². The van der Waals surface area contributed by atoms with E-state index in [1.165, 1.54) is 18.2 Å². The number of anilines is 2. The lowest BCUT2D eigenvalue weighted by molar-refractivity contribution is 0.102. The number of carbonyl (C=O) groups excluding carboxylic acids is 1. The fraction of sp³-hybridized carbons (Fsp3) is 0.136. The van der Waals surface area contributed by atoms with Crippen molar-refractivity contribution in [2.75, 3.05) is 15.8 Å². The van der Waals surface area contributed by atoms with E-state index in [-0.39, 0.29) is 15.5 Å². The molecule has 5 nitrogen and oxygen atoms in total. The van der Waals surface area contributed by atoms with E-state index in [0.29, 0.717) is 11.4 Å². The minimum Gasteiger partial charge on any atom is -0.321 e. The van der Waals surface area contributed by atoms with Gasteiger partial charge < -0.3 is 5.32 Å². The summed E-state index contributed by atoms with van der Waals surface area (Å²) in [6.07, 6.45) is 0. The monoisotopic (exact) mass is 460 g/mol. The summed E-state index contributed by atoms with van der Waals surface area (Å²) < 4.78 is 28.4. The van der Waals surface area contributed by atoms with Crippen molar-refractivity contribution >= 4 is 50.7 Å². The Bertz CT molecular complexity index is 1180. The van der Waals surface area contributed by atoms with Gasteiger partial charge in [0.1, 0.15) is 4.90 Å². The molecule has 0 aliphatic carbocycles. The van der Waals surface area contributed by atoms with Crippen LogP contribution in [0.1, 0.15) is 22.8 Å². The molecule has 0 aromatic heterocycles. The van der Waals surface area contributed by atoms with E-state index >= 15 is 0 Å². The van der Waals surface area contributed by atoms with Gasteiger partial charge in [0, 0.05) is 10.5 Å². The fourth-order valence-corrected chi connectivity index (χ4v) is 5.20. The average molecular weight is 461 g/mol. The molecule has 30 heavy (non-hydrogen) atoms. The second-order valence-corrected chi connectivity index (χ2v) is 9.81. The Labute approximate surface area is 185 Å². The summed E-state index contributed by atoms with van der Waals surface area (Å²) in [5.41, 5.74) is 2.10. The quantitative estimate of drug-likeness (QED) is 0.436. The Hall–Kier alpha value is -2.48. The average Bonchev–Trinajstić information content (AvgIpc) is 2.71. The number of aryl methyl sites for hydroxylation is 1. The zero-order valence-corrected chi connectivity index (χ0v) is 18.9. The highest BCUT2D eigenvalue weighted by Gasteiger charge is 2.21. The van der Waals surface area contributed by atoms with E-state index < -0.39 is 15.9 Å². The summed E-state index contributed by atoms with van der Waals surface area (Å²) in [4.78, 5) is 13.6. The molecule has 0 unspecified atom stereocenters. The maximum atomic E-state index is 12.9. The number of sulfonamides is 1. The summed E-state index contributed by atoms with van der Waals surface area (Å²) >= 11 is 7.77. The molecule has 3 rings (SSSR count). The van der Waals surface area contributed by atoms with Crippen molar-refractivity contribution in [3.05, 3.63) is 82.9 Å². The van der Waals surface area contributed by atoms with Crippen molar-refractivity contribution < 1.29 is 13.2 Å². The Balaban J connectivity index is 1.90. The molecule has 0 radical (unpaired) electrons. The molecule has 0 aliphatic rings. The first-order valence-corrected chi connectivity index (χ1v) is 12.1. The van der Waals surface area contributed by atoms with Gasteiger partial charge in [-0.2, -0.15) is 0 Å². The SMILES string of the molecule is CCSc1ccccc1NC(=O)c1ccc(Cl)c(S(=O)(=O)Nc2ccccc2C)c1. The molecule has 156 valence electrons. The van der Waals surface area contributed by atoms with Gasteiger partial charge in [-0.1, -0.05) is 48.9 Å². The highest BCUT2D eigenvalue weighted by molar-refractivity contribution is 7.99. The van der Waals surface area contributed by atoms with Crippen LogP contribution in [-0.2, 0) is 10.0 Å². The molecule has 3 aromatic carbocycles. The summed E-state index contributed by atoms with van der Waals surface area (Å²) in [6, 6.07) is 18.7. The molecule has 3 aromatic rings. The van der Waals surface area contributed by atoms with E-state index in [9.17, 15) is 13.2 Å². The second kappa shape index (κ2) is 9.55. The normalized spacial score (nSPS) is 11.2. The summed E-state index contributed by atoms with van der Waals surface area (Å²) in [5.74, 6) is 0.448. The standard InChI is InChI=1S/C22H21ClN2O3S2/c1-3-29-20-11-7-6-10-19(20)24-22(26)16-12-13-17(23)21(14-16)30(27,28)25-18-9-5-4-8-15(18)2/h4-14,25H,3H2,1-2H3,(H,24,26). The number of para-hydroxylation sites is 2. The first kappa shape index (κ1) is 22.2. The lowest BCUT2D eigenvalue weighted by atomic mass is 10.2. The molecular formula is C22H21ClN2O3S2. The van der Waals surface area contributed by atoms with Crippen LogP contribution in [0.25, 0.3) is 0 Å². The molecule has 0 saturated carbocycles. The number of amides is 1. The largest absolute Gasteiger partial charge is 0.321 e. The van der Waals surface area contributed by atoms with Crippen molar-refractivity contribution in [3.8, 4) is 0 Å². The third-order valence-corrected chi connectivity index (χ3v) is 7.11. The van der Waals surface area contributed by atoms with Crippen LogP contribution in [0.4, 0.5) is 11.4 Å². The number of hydrogen-bond donors (Lipinski definition) is 2. The second-order valence-electron chi connectivity index (χ2n) is 6.45. The maximum Gasteiger partial charge on any atom is 0.263 e. The lowest BCUT2D eigenvalue weighted by Gasteiger charge is -2.13. The van der Waals surface area contributed by atoms with Crippen LogP contribution in [-0.4, -0.2) is 20.1 Å². The van der Waals surface area contributed by atoms with E-state index in [1.807, 2.05) is 37.3 Å². The predicted octanol–water partition coefficient (Wildman–Crippen LogP) is 5.81. The number of benzene rings is 3. The first-order chi connectivity index (χ1) is 14.3. The van der Waals surface area contributed by atoms with Gasteiger partial charge in [0.15, 0.2) is 0 Å². The minimum atomic E-state index is -3.98. The fourth-order valence-electron chi connectivity index (χ4n) is 2.78. The number of carbonyl (C=O) groups is 1. The molecule has 0 bridgehead atoms. The smallest absolute Gasteiger partial charge is 0.263 e. The lowest BCUT2D eigenvalue weighted by Crippen LogP contribution is -2.17. The highest BCUT2D eigenvalue weighted by Crippen LogP contribution is 2.29. The van der Waals surface area contributed by atoms with E-state index in [0.717, 1.165) is 16.2 Å². The van der Waals surface area contributed by atoms with Crippen molar-refractivity contribution in [2.24, 2.45) is 0 Å². The zero-order chi connectivity index (χ0) is 21.7. The minimum absolute atomic E-state index is 0.0366. The predicted molar refractivity (Wildman–Crippen MR) is 124 cm³/mol. The summed E-state index contributed by atoms with van der Waals surface area (Å²) in [6.45, 7) is 3.83. The van der Waals surface area contributed by atoms with E-state index in [1.54, 1.807) is 36.9 Å². The third kappa shape index (κ3) is 5.16. The molecular weight excluding hydrogens is 440 g/mol. The molecule has 0 atom stereocenters. The van der Waals surface area contributed by atoms with Crippen molar-refractivity contribution in [2.45, 2.75) is 23.6 Å². The van der Waals surface area contributed by atoms with Crippen LogP contribution in [0.5, 0.6) is 0 Å². The van der Waals surface area contributed by atoms with Gasteiger partial charge >= 0.3 is 0 Å². The van der Waals surface area contributed by atoms with Gasteiger partial charge in [0.25, 0.3) is 15.9 Å². The maximum absolute atomic E-state index is 12.9. The Kier molecular flexibility index (Phi) is 7.07. The van der Waals surface area contributed by atoms with Crippen LogP contribution in [0.15, 0.2) is 76.5 Å². The van der Waals surface area contributed by atoms with E-state index in [4.69, 9.17) is 11.6 Å². The van der Waals surface area contributed by atoms with Crippen LogP contribution >= 0.6 is 23.4 Å². The molecule has 2 N–H and O–H groups in total.